The SMILES string of the molecule is CCN(CC)C(=O)CCn1c(C2CC2)nc2c1CCNC2. The van der Waals surface area contributed by atoms with Gasteiger partial charge in [-0.25, -0.2) is 4.98 Å². The molecule has 1 aromatic heterocycles. The molecule has 2 aliphatic rings. The number of amides is 1. The molecule has 1 aliphatic carbocycles. The van der Waals surface area contributed by atoms with Crippen LogP contribution in [0.5, 0.6) is 0 Å². The number of aromatic nitrogens is 2. The molecule has 0 spiro atoms. The van der Waals surface area contributed by atoms with Crippen LogP contribution in [0.3, 0.4) is 0 Å². The van der Waals surface area contributed by atoms with Crippen molar-refractivity contribution in [2.75, 3.05) is 19.6 Å². The summed E-state index contributed by atoms with van der Waals surface area (Å²) in [5, 5.41) is 3.39. The smallest absolute Gasteiger partial charge is 0.224 e. The van der Waals surface area contributed by atoms with Gasteiger partial charge in [0.05, 0.1) is 5.69 Å². The van der Waals surface area contributed by atoms with Gasteiger partial charge in [-0.05, 0) is 26.7 Å². The number of nitrogens with one attached hydrogen (secondary N) is 1. The quantitative estimate of drug-likeness (QED) is 0.867. The van der Waals surface area contributed by atoms with E-state index in [1.165, 1.54) is 30.1 Å². The van der Waals surface area contributed by atoms with Crippen molar-refractivity contribution in [3.8, 4) is 0 Å². The highest BCUT2D eigenvalue weighted by Gasteiger charge is 2.31. The maximum Gasteiger partial charge on any atom is 0.224 e. The number of carbonyl (C=O) groups excluding carboxylic acids is 1. The Morgan fingerprint density at radius 3 is 2.81 bits per heavy atom. The van der Waals surface area contributed by atoms with Gasteiger partial charge < -0.3 is 14.8 Å². The lowest BCUT2D eigenvalue weighted by atomic mass is 10.2. The summed E-state index contributed by atoms with van der Waals surface area (Å²) in [5.41, 5.74) is 2.57. The van der Waals surface area contributed by atoms with Crippen LogP contribution in [0.2, 0.25) is 0 Å². The van der Waals surface area contributed by atoms with E-state index in [2.05, 4.69) is 9.88 Å². The molecular weight excluding hydrogens is 264 g/mol. The highest BCUT2D eigenvalue weighted by atomic mass is 16.2. The van der Waals surface area contributed by atoms with Crippen molar-refractivity contribution in [3.05, 3.63) is 17.2 Å². The molecule has 21 heavy (non-hydrogen) atoms. The number of fused-ring (bicyclic) bond motifs is 1. The Kier molecular flexibility index (Phi) is 4.29. The van der Waals surface area contributed by atoms with Crippen LogP contribution in [0.1, 0.15) is 56.2 Å². The molecule has 1 aliphatic heterocycles. The molecule has 0 saturated heterocycles. The standard InChI is InChI=1S/C16H26N4O/c1-3-19(4-2)15(21)8-10-20-14-7-9-17-11-13(14)18-16(20)12-5-6-12/h12,17H,3-11H2,1-2H3. The molecule has 0 unspecified atom stereocenters. The Balaban J connectivity index is 1.75. The molecule has 1 fully saturated rings. The van der Waals surface area contributed by atoms with Gasteiger partial charge in [-0.1, -0.05) is 0 Å². The summed E-state index contributed by atoms with van der Waals surface area (Å²) in [7, 11) is 0. The summed E-state index contributed by atoms with van der Waals surface area (Å²) in [6.45, 7) is 8.39. The van der Waals surface area contributed by atoms with Crippen LogP contribution >= 0.6 is 0 Å². The second-order valence-corrected chi connectivity index (χ2v) is 6.03. The molecule has 0 atom stereocenters. The summed E-state index contributed by atoms with van der Waals surface area (Å²) in [6.07, 6.45) is 4.15. The number of imidazole rings is 1. The second-order valence-electron chi connectivity index (χ2n) is 6.03. The maximum absolute atomic E-state index is 12.2. The Labute approximate surface area is 126 Å². The third-order valence-electron chi connectivity index (χ3n) is 4.62. The van der Waals surface area contributed by atoms with E-state index in [1.807, 2.05) is 18.7 Å². The van der Waals surface area contributed by atoms with E-state index in [1.54, 1.807) is 0 Å². The zero-order valence-electron chi connectivity index (χ0n) is 13.2. The fraction of sp³-hybridized carbons (Fsp3) is 0.750. The van der Waals surface area contributed by atoms with E-state index in [0.29, 0.717) is 12.3 Å². The van der Waals surface area contributed by atoms with Crippen LogP contribution in [0.4, 0.5) is 0 Å². The van der Waals surface area contributed by atoms with Crippen LogP contribution in [0.25, 0.3) is 0 Å². The predicted octanol–water partition coefficient (Wildman–Crippen LogP) is 1.66. The van der Waals surface area contributed by atoms with Crippen molar-refractivity contribution < 1.29 is 4.79 Å². The zero-order chi connectivity index (χ0) is 14.8. The molecule has 5 heteroatoms. The van der Waals surface area contributed by atoms with E-state index in [4.69, 9.17) is 4.98 Å². The molecule has 1 saturated carbocycles. The fourth-order valence-corrected chi connectivity index (χ4v) is 3.24. The van der Waals surface area contributed by atoms with Crippen molar-refractivity contribution >= 4 is 5.91 Å². The van der Waals surface area contributed by atoms with E-state index < -0.39 is 0 Å². The number of nitrogens with zero attached hydrogens (tertiary/aromatic N) is 3. The molecule has 0 bridgehead atoms. The first-order valence-corrected chi connectivity index (χ1v) is 8.31. The maximum atomic E-state index is 12.2. The van der Waals surface area contributed by atoms with E-state index >= 15 is 0 Å². The average molecular weight is 290 g/mol. The highest BCUT2D eigenvalue weighted by Crippen LogP contribution is 2.40. The van der Waals surface area contributed by atoms with E-state index in [9.17, 15) is 4.79 Å². The molecule has 5 nitrogen and oxygen atoms in total. The van der Waals surface area contributed by atoms with Crippen LogP contribution in [0.15, 0.2) is 0 Å². The highest BCUT2D eigenvalue weighted by molar-refractivity contribution is 5.76. The van der Waals surface area contributed by atoms with Crippen molar-refractivity contribution in [1.29, 1.82) is 0 Å². The summed E-state index contributed by atoms with van der Waals surface area (Å²) in [5.74, 6) is 2.13. The number of carbonyl (C=O) groups is 1. The number of rotatable bonds is 6. The van der Waals surface area contributed by atoms with Crippen molar-refractivity contribution in [2.45, 2.75) is 58.5 Å². The second kappa shape index (κ2) is 6.18. The van der Waals surface area contributed by atoms with Crippen molar-refractivity contribution in [3.63, 3.8) is 0 Å². The van der Waals surface area contributed by atoms with Gasteiger partial charge in [-0.3, -0.25) is 4.79 Å². The Morgan fingerprint density at radius 1 is 1.38 bits per heavy atom. The molecule has 1 N–H and O–H groups in total. The van der Waals surface area contributed by atoms with Crippen molar-refractivity contribution in [2.24, 2.45) is 0 Å². The first-order chi connectivity index (χ1) is 10.2. The minimum atomic E-state index is 0.262. The Bertz CT molecular complexity index is 515. The third kappa shape index (κ3) is 2.98. The molecule has 0 radical (unpaired) electrons. The minimum absolute atomic E-state index is 0.262. The topological polar surface area (TPSA) is 50.2 Å². The van der Waals surface area contributed by atoms with Gasteiger partial charge in [-0.2, -0.15) is 0 Å². The van der Waals surface area contributed by atoms with Crippen LogP contribution in [-0.4, -0.2) is 40.0 Å². The van der Waals surface area contributed by atoms with E-state index in [-0.39, 0.29) is 5.91 Å². The number of hydrogen-bond acceptors (Lipinski definition) is 3. The van der Waals surface area contributed by atoms with Gasteiger partial charge in [0.1, 0.15) is 5.82 Å². The lowest BCUT2D eigenvalue weighted by Crippen LogP contribution is -2.31. The van der Waals surface area contributed by atoms with Crippen LogP contribution in [-0.2, 0) is 24.3 Å². The predicted molar refractivity (Wildman–Crippen MR) is 82.2 cm³/mol. The molecule has 116 valence electrons. The molecular formula is C16H26N4O. The lowest BCUT2D eigenvalue weighted by Gasteiger charge is -2.20. The van der Waals surface area contributed by atoms with E-state index in [0.717, 1.165) is 39.1 Å². The van der Waals surface area contributed by atoms with Gasteiger partial charge >= 0.3 is 0 Å². The molecule has 1 aromatic rings. The fourth-order valence-electron chi connectivity index (χ4n) is 3.24. The molecule has 3 rings (SSSR count). The largest absolute Gasteiger partial charge is 0.343 e. The lowest BCUT2D eigenvalue weighted by molar-refractivity contribution is -0.131. The zero-order valence-corrected chi connectivity index (χ0v) is 13.2. The van der Waals surface area contributed by atoms with Gasteiger partial charge in [0.15, 0.2) is 0 Å². The average Bonchev–Trinajstić information content (AvgIpc) is 3.28. The number of hydrogen-bond donors (Lipinski definition) is 1. The molecule has 2 heterocycles. The van der Waals surface area contributed by atoms with Gasteiger partial charge in [0.2, 0.25) is 5.91 Å². The Morgan fingerprint density at radius 2 is 2.14 bits per heavy atom. The molecule has 1 amide bonds. The van der Waals surface area contributed by atoms with Crippen LogP contribution < -0.4 is 5.32 Å². The minimum Gasteiger partial charge on any atom is -0.343 e. The van der Waals surface area contributed by atoms with Gasteiger partial charge in [-0.15, -0.1) is 0 Å². The first-order valence-electron chi connectivity index (χ1n) is 8.31. The molecule has 0 aromatic carbocycles. The first kappa shape index (κ1) is 14.6. The Hall–Kier alpha value is -1.36. The van der Waals surface area contributed by atoms with Crippen molar-refractivity contribution in [1.82, 2.24) is 19.8 Å². The summed E-state index contributed by atoms with van der Waals surface area (Å²) in [6, 6.07) is 0. The summed E-state index contributed by atoms with van der Waals surface area (Å²) in [4.78, 5) is 19.0. The van der Waals surface area contributed by atoms with Crippen LogP contribution in [0, 0.1) is 0 Å². The summed E-state index contributed by atoms with van der Waals surface area (Å²) < 4.78 is 2.36. The summed E-state index contributed by atoms with van der Waals surface area (Å²) >= 11 is 0. The van der Waals surface area contributed by atoms with Gasteiger partial charge in [0.25, 0.3) is 0 Å². The van der Waals surface area contributed by atoms with Gasteiger partial charge in [0, 0.05) is 57.2 Å². The normalized spacial score (nSPS) is 17.6. The third-order valence-corrected chi connectivity index (χ3v) is 4.62. The monoisotopic (exact) mass is 290 g/mol.